The second-order valence-corrected chi connectivity index (χ2v) is 7.82. The normalized spacial score (nSPS) is 19.8. The van der Waals surface area contributed by atoms with Gasteiger partial charge in [-0.05, 0) is 43.9 Å². The minimum Gasteiger partial charge on any atom is -0.368 e. The van der Waals surface area contributed by atoms with Crippen molar-refractivity contribution in [1.82, 2.24) is 10.3 Å². The molecule has 154 valence electrons. The van der Waals surface area contributed by atoms with Crippen molar-refractivity contribution in [2.75, 3.05) is 42.6 Å². The molecule has 0 radical (unpaired) electrons. The fourth-order valence-corrected chi connectivity index (χ4v) is 4.17. The van der Waals surface area contributed by atoms with Gasteiger partial charge in [0.05, 0.1) is 0 Å². The number of hydrogen-bond acceptors (Lipinski definition) is 5. The van der Waals surface area contributed by atoms with Crippen LogP contribution < -0.4 is 15.1 Å². The maximum Gasteiger partial charge on any atom is 0.249 e. The van der Waals surface area contributed by atoms with E-state index in [1.807, 2.05) is 12.3 Å². The molecular weight excluding hydrogens is 364 g/mol. The third-order valence-corrected chi connectivity index (χ3v) is 5.83. The van der Waals surface area contributed by atoms with Gasteiger partial charge in [-0.1, -0.05) is 24.3 Å². The number of amides is 1. The van der Waals surface area contributed by atoms with Crippen molar-refractivity contribution >= 4 is 17.4 Å². The minimum atomic E-state index is -0.304. The number of benzene rings is 1. The van der Waals surface area contributed by atoms with E-state index < -0.39 is 0 Å². The topological polar surface area (TPSA) is 57.7 Å². The van der Waals surface area contributed by atoms with Crippen LogP contribution in [0.5, 0.6) is 0 Å². The van der Waals surface area contributed by atoms with Crippen molar-refractivity contribution in [3.05, 3.63) is 53.7 Å². The SMILES string of the molecule is Cc1ccccc1N1CCN(c2ncccc2CNC(=O)[C@H]2CCCCO2)CC1. The van der Waals surface area contributed by atoms with Crippen LogP contribution in [0.15, 0.2) is 42.6 Å². The van der Waals surface area contributed by atoms with Crippen LogP contribution in [0.25, 0.3) is 0 Å². The van der Waals surface area contributed by atoms with Crippen LogP contribution >= 0.6 is 0 Å². The van der Waals surface area contributed by atoms with E-state index in [-0.39, 0.29) is 12.0 Å². The molecule has 0 spiro atoms. The second kappa shape index (κ2) is 9.27. The Morgan fingerprint density at radius 2 is 1.90 bits per heavy atom. The van der Waals surface area contributed by atoms with E-state index in [1.165, 1.54) is 11.3 Å². The van der Waals surface area contributed by atoms with Gasteiger partial charge in [0.1, 0.15) is 11.9 Å². The number of nitrogens with one attached hydrogen (secondary N) is 1. The fourth-order valence-electron chi connectivity index (χ4n) is 4.17. The first-order chi connectivity index (χ1) is 14.2. The molecule has 0 aliphatic carbocycles. The standard InChI is InChI=1S/C23H30N4O2/c1-18-7-2-3-9-20(18)26-12-14-27(15-13-26)22-19(8-6-11-24-22)17-25-23(28)21-10-4-5-16-29-21/h2-3,6-9,11,21H,4-5,10,12-17H2,1H3,(H,25,28)/t21-/m1/s1. The molecule has 4 rings (SSSR count). The van der Waals surface area contributed by atoms with Crippen LogP contribution in [0.4, 0.5) is 11.5 Å². The van der Waals surface area contributed by atoms with Crippen LogP contribution in [0.2, 0.25) is 0 Å². The highest BCUT2D eigenvalue weighted by Crippen LogP contribution is 2.24. The van der Waals surface area contributed by atoms with Gasteiger partial charge in [-0.15, -0.1) is 0 Å². The number of ether oxygens (including phenoxy) is 1. The summed E-state index contributed by atoms with van der Waals surface area (Å²) in [4.78, 5) is 21.8. The lowest BCUT2D eigenvalue weighted by atomic mass is 10.1. The van der Waals surface area contributed by atoms with E-state index in [1.54, 1.807) is 0 Å². The maximum absolute atomic E-state index is 12.4. The van der Waals surface area contributed by atoms with Gasteiger partial charge in [0.15, 0.2) is 0 Å². The Bertz CT molecular complexity index is 827. The summed E-state index contributed by atoms with van der Waals surface area (Å²) < 4.78 is 5.59. The van der Waals surface area contributed by atoms with Crippen molar-refractivity contribution in [2.24, 2.45) is 0 Å². The number of carbonyl (C=O) groups is 1. The smallest absolute Gasteiger partial charge is 0.249 e. The molecule has 0 saturated carbocycles. The molecule has 2 aliphatic heterocycles. The lowest BCUT2D eigenvalue weighted by molar-refractivity contribution is -0.135. The third-order valence-electron chi connectivity index (χ3n) is 5.83. The summed E-state index contributed by atoms with van der Waals surface area (Å²) in [5.74, 6) is 0.964. The summed E-state index contributed by atoms with van der Waals surface area (Å²) in [5, 5.41) is 3.05. The molecule has 2 saturated heterocycles. The van der Waals surface area contributed by atoms with Gasteiger partial charge in [0.2, 0.25) is 5.91 Å². The monoisotopic (exact) mass is 394 g/mol. The molecular formula is C23H30N4O2. The number of hydrogen-bond donors (Lipinski definition) is 1. The van der Waals surface area contributed by atoms with Crippen LogP contribution in [0.1, 0.15) is 30.4 Å². The summed E-state index contributed by atoms with van der Waals surface area (Å²) in [7, 11) is 0. The molecule has 0 unspecified atom stereocenters. The number of carbonyl (C=O) groups excluding carboxylic acids is 1. The highest BCUT2D eigenvalue weighted by molar-refractivity contribution is 5.81. The van der Waals surface area contributed by atoms with Gasteiger partial charge < -0.3 is 19.9 Å². The van der Waals surface area contributed by atoms with Crippen molar-refractivity contribution in [3.8, 4) is 0 Å². The number of aryl methyl sites for hydroxylation is 1. The Morgan fingerprint density at radius 1 is 1.10 bits per heavy atom. The molecule has 1 atom stereocenters. The predicted molar refractivity (Wildman–Crippen MR) is 115 cm³/mol. The lowest BCUT2D eigenvalue weighted by Crippen LogP contribution is -2.47. The number of anilines is 2. The Hall–Kier alpha value is -2.60. The molecule has 6 nitrogen and oxygen atoms in total. The number of pyridine rings is 1. The average molecular weight is 395 g/mol. The zero-order valence-electron chi connectivity index (χ0n) is 17.1. The van der Waals surface area contributed by atoms with Gasteiger partial charge in [0.25, 0.3) is 0 Å². The van der Waals surface area contributed by atoms with Crippen LogP contribution in [0.3, 0.4) is 0 Å². The number of para-hydroxylation sites is 1. The van der Waals surface area contributed by atoms with Gasteiger partial charge >= 0.3 is 0 Å². The first-order valence-electron chi connectivity index (χ1n) is 10.6. The van der Waals surface area contributed by atoms with E-state index in [0.29, 0.717) is 13.2 Å². The molecule has 1 aromatic carbocycles. The highest BCUT2D eigenvalue weighted by atomic mass is 16.5. The van der Waals surface area contributed by atoms with Crippen molar-refractivity contribution in [2.45, 2.75) is 38.8 Å². The summed E-state index contributed by atoms with van der Waals surface area (Å²) in [6.07, 6.45) is 4.44. The Labute approximate surface area is 172 Å². The summed E-state index contributed by atoms with van der Waals surface area (Å²) in [6, 6.07) is 12.5. The Kier molecular flexibility index (Phi) is 6.30. The van der Waals surface area contributed by atoms with E-state index in [4.69, 9.17) is 4.74 Å². The number of piperazine rings is 1. The van der Waals surface area contributed by atoms with E-state index in [9.17, 15) is 4.79 Å². The summed E-state index contributed by atoms with van der Waals surface area (Å²) >= 11 is 0. The summed E-state index contributed by atoms with van der Waals surface area (Å²) in [5.41, 5.74) is 3.68. The first-order valence-corrected chi connectivity index (χ1v) is 10.6. The van der Waals surface area contributed by atoms with Crippen molar-refractivity contribution in [3.63, 3.8) is 0 Å². The molecule has 1 N–H and O–H groups in total. The second-order valence-electron chi connectivity index (χ2n) is 7.82. The molecule has 2 aliphatic rings. The molecule has 29 heavy (non-hydrogen) atoms. The Morgan fingerprint density at radius 3 is 2.66 bits per heavy atom. The molecule has 3 heterocycles. The lowest BCUT2D eigenvalue weighted by Gasteiger charge is -2.38. The molecule has 1 aromatic heterocycles. The fraction of sp³-hybridized carbons (Fsp3) is 0.478. The van der Waals surface area contributed by atoms with Crippen LogP contribution in [-0.2, 0) is 16.1 Å². The van der Waals surface area contributed by atoms with Gasteiger partial charge in [-0.2, -0.15) is 0 Å². The zero-order valence-corrected chi connectivity index (χ0v) is 17.1. The zero-order chi connectivity index (χ0) is 20.1. The number of rotatable bonds is 5. The average Bonchev–Trinajstić information content (AvgIpc) is 2.79. The van der Waals surface area contributed by atoms with Gasteiger partial charge in [0, 0.05) is 56.8 Å². The highest BCUT2D eigenvalue weighted by Gasteiger charge is 2.24. The van der Waals surface area contributed by atoms with Crippen molar-refractivity contribution < 1.29 is 9.53 Å². The van der Waals surface area contributed by atoms with Gasteiger partial charge in [-0.3, -0.25) is 4.79 Å². The molecule has 1 amide bonds. The minimum absolute atomic E-state index is 0.0103. The number of nitrogens with zero attached hydrogens (tertiary/aromatic N) is 3. The van der Waals surface area contributed by atoms with E-state index in [2.05, 4.69) is 57.4 Å². The van der Waals surface area contributed by atoms with Crippen LogP contribution in [0, 0.1) is 6.92 Å². The van der Waals surface area contributed by atoms with Crippen LogP contribution in [-0.4, -0.2) is 49.8 Å². The Balaban J connectivity index is 1.37. The molecule has 2 aromatic rings. The molecule has 2 fully saturated rings. The van der Waals surface area contributed by atoms with Crippen molar-refractivity contribution in [1.29, 1.82) is 0 Å². The first kappa shape index (κ1) is 19.7. The third kappa shape index (κ3) is 4.70. The maximum atomic E-state index is 12.4. The predicted octanol–water partition coefficient (Wildman–Crippen LogP) is 2.90. The van der Waals surface area contributed by atoms with E-state index >= 15 is 0 Å². The van der Waals surface area contributed by atoms with Gasteiger partial charge in [-0.25, -0.2) is 4.98 Å². The largest absolute Gasteiger partial charge is 0.368 e. The number of aromatic nitrogens is 1. The summed E-state index contributed by atoms with van der Waals surface area (Å²) in [6.45, 7) is 7.08. The van der Waals surface area contributed by atoms with E-state index in [0.717, 1.165) is 56.8 Å². The molecule has 6 heteroatoms. The molecule has 0 bridgehead atoms. The quantitative estimate of drug-likeness (QED) is 0.845.